The lowest BCUT2D eigenvalue weighted by molar-refractivity contribution is 0.671. The third kappa shape index (κ3) is 2.89. The maximum Gasteiger partial charge on any atom is 0.305 e. The van der Waals surface area contributed by atoms with Crippen LogP contribution in [0.2, 0.25) is 0 Å². The van der Waals surface area contributed by atoms with Crippen molar-refractivity contribution in [3.63, 3.8) is 0 Å². The molecule has 1 saturated heterocycles. The van der Waals surface area contributed by atoms with E-state index in [1.807, 2.05) is 0 Å². The van der Waals surface area contributed by atoms with Gasteiger partial charge < -0.3 is 4.90 Å². The Hall–Kier alpha value is -0.410. The monoisotopic (exact) mass is 341 g/mol. The highest BCUT2D eigenvalue weighted by Crippen LogP contribution is 2.15. The maximum absolute atomic E-state index is 12.5. The lowest BCUT2D eigenvalue weighted by Gasteiger charge is -2.26. The van der Waals surface area contributed by atoms with Crippen LogP contribution < -0.4 is 10.5 Å². The lowest BCUT2D eigenvalue weighted by atomic mass is 10.4. The fourth-order valence-electron chi connectivity index (χ4n) is 1.54. The van der Waals surface area contributed by atoms with Crippen LogP contribution in [0, 0.1) is 0 Å². The van der Waals surface area contributed by atoms with Crippen molar-refractivity contribution in [3.05, 3.63) is 21.2 Å². The summed E-state index contributed by atoms with van der Waals surface area (Å²) in [4.78, 5) is 17.6. The Balaban J connectivity index is 2.35. The maximum atomic E-state index is 12.5. The molecular weight excluding hydrogens is 333 g/mol. The molecule has 0 amide bonds. The van der Waals surface area contributed by atoms with E-state index in [-0.39, 0.29) is 18.2 Å². The SMILES string of the molecule is O=c1c(N2CCS(=O)CC2)nc(Br)cn1SF. The van der Waals surface area contributed by atoms with Gasteiger partial charge in [0.1, 0.15) is 4.60 Å². The van der Waals surface area contributed by atoms with E-state index in [1.54, 1.807) is 4.90 Å². The molecule has 1 aromatic heterocycles. The van der Waals surface area contributed by atoms with E-state index in [2.05, 4.69) is 20.9 Å². The minimum atomic E-state index is -0.823. The Kier molecular flexibility index (Phi) is 4.21. The van der Waals surface area contributed by atoms with Gasteiger partial charge in [-0.05, 0) is 15.9 Å². The number of hydrogen-bond donors (Lipinski definition) is 0. The number of aromatic nitrogens is 2. The predicted molar refractivity (Wildman–Crippen MR) is 70.4 cm³/mol. The van der Waals surface area contributed by atoms with Gasteiger partial charge in [-0.3, -0.25) is 9.00 Å². The van der Waals surface area contributed by atoms with Crippen LogP contribution in [-0.2, 0) is 10.8 Å². The predicted octanol–water partition coefficient (Wildman–Crippen LogP) is 0.955. The summed E-state index contributed by atoms with van der Waals surface area (Å²) in [6.07, 6.45) is 1.28. The van der Waals surface area contributed by atoms with Gasteiger partial charge >= 0.3 is 5.56 Å². The molecule has 17 heavy (non-hydrogen) atoms. The third-order valence-corrected chi connectivity index (χ3v) is 4.46. The molecule has 0 aromatic carbocycles. The summed E-state index contributed by atoms with van der Waals surface area (Å²) in [5.41, 5.74) is -0.492. The molecule has 0 aliphatic carbocycles. The number of anilines is 1. The van der Waals surface area contributed by atoms with Gasteiger partial charge in [0, 0.05) is 35.4 Å². The van der Waals surface area contributed by atoms with Crippen LogP contribution in [-0.4, -0.2) is 37.8 Å². The van der Waals surface area contributed by atoms with Crippen LogP contribution in [0.5, 0.6) is 0 Å². The molecular formula is C8H9BrFN3O2S2. The summed E-state index contributed by atoms with van der Waals surface area (Å²) in [6.45, 7) is 1.00. The molecule has 1 aliphatic rings. The average molecular weight is 342 g/mol. The summed E-state index contributed by atoms with van der Waals surface area (Å²) in [5.74, 6) is 1.22. The molecule has 0 spiro atoms. The smallest absolute Gasteiger partial charge is 0.305 e. The standard InChI is InChI=1S/C8H9BrFN3O2S2/c9-6-5-13(16-10)8(14)7(11-6)12-1-3-17(15)4-2-12/h5H,1-4H2. The second-order valence-electron chi connectivity index (χ2n) is 3.42. The van der Waals surface area contributed by atoms with Crippen molar-refractivity contribution in [1.29, 1.82) is 0 Å². The van der Waals surface area contributed by atoms with Crippen molar-refractivity contribution in [3.8, 4) is 0 Å². The largest absolute Gasteiger partial charge is 0.350 e. The molecule has 1 fully saturated rings. The summed E-state index contributed by atoms with van der Waals surface area (Å²) >= 11 is 2.96. The van der Waals surface area contributed by atoms with Crippen molar-refractivity contribution in [2.24, 2.45) is 0 Å². The summed E-state index contributed by atoms with van der Waals surface area (Å²) in [7, 11) is -0.823. The van der Waals surface area contributed by atoms with Crippen LogP contribution in [0.4, 0.5) is 9.70 Å². The van der Waals surface area contributed by atoms with E-state index in [9.17, 15) is 12.9 Å². The molecule has 0 atom stereocenters. The first-order valence-corrected chi connectivity index (χ1v) is 7.75. The number of nitrogens with zero attached hydrogens (tertiary/aromatic N) is 3. The number of halogens is 2. The number of hydrogen-bond acceptors (Lipinski definition) is 5. The van der Waals surface area contributed by atoms with Gasteiger partial charge in [0.15, 0.2) is 18.2 Å². The quantitative estimate of drug-likeness (QED) is 0.801. The van der Waals surface area contributed by atoms with Gasteiger partial charge in [-0.15, -0.1) is 3.89 Å². The van der Waals surface area contributed by atoms with Gasteiger partial charge in [0.25, 0.3) is 0 Å². The lowest BCUT2D eigenvalue weighted by Crippen LogP contribution is -2.41. The zero-order chi connectivity index (χ0) is 12.4. The van der Waals surface area contributed by atoms with E-state index < -0.39 is 16.4 Å². The van der Waals surface area contributed by atoms with Gasteiger partial charge in [0.05, 0.1) is 6.20 Å². The molecule has 0 saturated carbocycles. The fourth-order valence-corrected chi connectivity index (χ4v) is 3.38. The molecule has 1 aromatic rings. The Morgan fingerprint density at radius 2 is 2.12 bits per heavy atom. The molecule has 0 unspecified atom stereocenters. The van der Waals surface area contributed by atoms with Crippen molar-refractivity contribution in [2.75, 3.05) is 29.5 Å². The zero-order valence-electron chi connectivity index (χ0n) is 8.64. The van der Waals surface area contributed by atoms with Crippen LogP contribution in [0.1, 0.15) is 0 Å². The van der Waals surface area contributed by atoms with Crippen LogP contribution in [0.15, 0.2) is 15.6 Å². The second kappa shape index (κ2) is 5.49. The minimum Gasteiger partial charge on any atom is -0.350 e. The molecule has 9 heteroatoms. The van der Waals surface area contributed by atoms with E-state index in [0.717, 1.165) is 3.97 Å². The Bertz CT molecular complexity index is 500. The minimum absolute atomic E-state index is 0.164. The van der Waals surface area contributed by atoms with Gasteiger partial charge in [-0.25, -0.2) is 8.96 Å². The highest BCUT2D eigenvalue weighted by molar-refractivity contribution is 9.10. The first-order valence-electron chi connectivity index (χ1n) is 4.80. The van der Waals surface area contributed by atoms with Crippen LogP contribution >= 0.6 is 28.3 Å². The van der Waals surface area contributed by atoms with Crippen molar-refractivity contribution in [1.82, 2.24) is 8.96 Å². The van der Waals surface area contributed by atoms with Crippen LogP contribution in [0.3, 0.4) is 0 Å². The first kappa shape index (κ1) is 13.0. The van der Waals surface area contributed by atoms with E-state index in [1.165, 1.54) is 6.20 Å². The Labute approximate surface area is 112 Å². The Morgan fingerprint density at radius 3 is 2.71 bits per heavy atom. The molecule has 94 valence electrons. The molecule has 0 radical (unpaired) electrons. The van der Waals surface area contributed by atoms with E-state index >= 15 is 0 Å². The number of rotatable bonds is 2. The van der Waals surface area contributed by atoms with Crippen molar-refractivity contribution >= 4 is 44.9 Å². The Morgan fingerprint density at radius 1 is 1.47 bits per heavy atom. The van der Waals surface area contributed by atoms with Gasteiger partial charge in [-0.1, -0.05) is 0 Å². The molecule has 5 nitrogen and oxygen atoms in total. The highest BCUT2D eigenvalue weighted by Gasteiger charge is 2.20. The van der Waals surface area contributed by atoms with Gasteiger partial charge in [-0.2, -0.15) is 0 Å². The third-order valence-electron chi connectivity index (χ3n) is 2.38. The second-order valence-corrected chi connectivity index (χ2v) is 6.46. The summed E-state index contributed by atoms with van der Waals surface area (Å²) in [6, 6.07) is 0. The van der Waals surface area contributed by atoms with Crippen LogP contribution in [0.25, 0.3) is 0 Å². The molecule has 0 N–H and O–H groups in total. The topological polar surface area (TPSA) is 55.2 Å². The molecule has 2 heterocycles. The first-order chi connectivity index (χ1) is 8.11. The van der Waals surface area contributed by atoms with Crippen molar-refractivity contribution < 1.29 is 8.09 Å². The highest BCUT2D eigenvalue weighted by atomic mass is 79.9. The molecule has 2 rings (SSSR count). The molecule has 1 aliphatic heterocycles. The van der Waals surface area contributed by atoms with Crippen molar-refractivity contribution in [2.45, 2.75) is 0 Å². The molecule has 0 bridgehead atoms. The van der Waals surface area contributed by atoms with E-state index in [0.29, 0.717) is 29.2 Å². The summed E-state index contributed by atoms with van der Waals surface area (Å²) in [5, 5.41) is 0. The fraction of sp³-hybridized carbons (Fsp3) is 0.500. The van der Waals surface area contributed by atoms with E-state index in [4.69, 9.17) is 0 Å². The normalized spacial score (nSPS) is 17.4. The zero-order valence-corrected chi connectivity index (χ0v) is 11.9. The average Bonchev–Trinajstić information content (AvgIpc) is 2.33. The van der Waals surface area contributed by atoms with Gasteiger partial charge in [0.2, 0.25) is 0 Å². The summed E-state index contributed by atoms with van der Waals surface area (Å²) < 4.78 is 25.0.